The summed E-state index contributed by atoms with van der Waals surface area (Å²) in [6.07, 6.45) is 4.00. The Kier molecular flexibility index (Phi) is 5.92. The zero-order chi connectivity index (χ0) is 15.9. The predicted molar refractivity (Wildman–Crippen MR) is 86.8 cm³/mol. The molecule has 0 aliphatic heterocycles. The number of carbonyl (C=O) groups excluding carboxylic acids is 1. The molecule has 116 valence electrons. The number of hydrogen-bond acceptors (Lipinski definition) is 3. The zero-order valence-corrected chi connectivity index (χ0v) is 13.1. The van der Waals surface area contributed by atoms with Crippen LogP contribution in [0, 0.1) is 0 Å². The predicted octanol–water partition coefficient (Wildman–Crippen LogP) is 2.56. The molecule has 0 spiro atoms. The standard InChI is InChI=1S/C17H19ClN2O2/c1-12(11-21)20-17(22)16(9-13-3-2-8-19-10-13)14-4-6-15(18)7-5-14/h2-8,10,12,16,21H,9,11H2,1H3,(H,20,22)/t12-,16?/m0/s1. The van der Waals surface area contributed by atoms with E-state index in [2.05, 4.69) is 10.3 Å². The lowest BCUT2D eigenvalue weighted by Crippen LogP contribution is -2.39. The first-order chi connectivity index (χ1) is 10.6. The second kappa shape index (κ2) is 7.92. The van der Waals surface area contributed by atoms with E-state index < -0.39 is 0 Å². The molecule has 0 fully saturated rings. The molecule has 1 heterocycles. The summed E-state index contributed by atoms with van der Waals surface area (Å²) in [5.74, 6) is -0.469. The van der Waals surface area contributed by atoms with Crippen LogP contribution in [0.1, 0.15) is 24.0 Å². The van der Waals surface area contributed by atoms with Gasteiger partial charge in [0.15, 0.2) is 0 Å². The van der Waals surface area contributed by atoms with Crippen molar-refractivity contribution in [1.29, 1.82) is 0 Å². The number of carbonyl (C=O) groups is 1. The number of rotatable bonds is 6. The molecule has 0 saturated heterocycles. The summed E-state index contributed by atoms with van der Waals surface area (Å²) >= 11 is 5.92. The molecular formula is C17H19ClN2O2. The van der Waals surface area contributed by atoms with Crippen LogP contribution < -0.4 is 5.32 Å². The number of nitrogens with one attached hydrogen (secondary N) is 1. The van der Waals surface area contributed by atoms with Crippen LogP contribution in [0.25, 0.3) is 0 Å². The Bertz CT molecular complexity index is 602. The van der Waals surface area contributed by atoms with Crippen LogP contribution in [0.15, 0.2) is 48.8 Å². The van der Waals surface area contributed by atoms with Gasteiger partial charge in [-0.1, -0.05) is 29.8 Å². The Balaban J connectivity index is 2.23. The van der Waals surface area contributed by atoms with Gasteiger partial charge in [-0.25, -0.2) is 0 Å². The van der Waals surface area contributed by atoms with E-state index >= 15 is 0 Å². The van der Waals surface area contributed by atoms with Crippen LogP contribution in [0.5, 0.6) is 0 Å². The molecule has 0 saturated carbocycles. The van der Waals surface area contributed by atoms with Gasteiger partial charge in [0.25, 0.3) is 0 Å². The molecule has 4 nitrogen and oxygen atoms in total. The highest BCUT2D eigenvalue weighted by atomic mass is 35.5. The molecule has 2 N–H and O–H groups in total. The maximum Gasteiger partial charge on any atom is 0.228 e. The monoisotopic (exact) mass is 318 g/mol. The summed E-state index contributed by atoms with van der Waals surface area (Å²) in [4.78, 5) is 16.6. The number of amides is 1. The number of nitrogens with zero attached hydrogens (tertiary/aromatic N) is 1. The number of aliphatic hydroxyl groups is 1. The number of pyridine rings is 1. The third-order valence-corrected chi connectivity index (χ3v) is 3.67. The van der Waals surface area contributed by atoms with E-state index in [-0.39, 0.29) is 24.5 Å². The Labute approximate surface area is 135 Å². The minimum atomic E-state index is -0.351. The molecule has 1 aromatic carbocycles. The third kappa shape index (κ3) is 4.55. The number of benzene rings is 1. The van der Waals surface area contributed by atoms with Crippen molar-refractivity contribution in [2.75, 3.05) is 6.61 Å². The van der Waals surface area contributed by atoms with Gasteiger partial charge in [0.1, 0.15) is 0 Å². The SMILES string of the molecule is C[C@@H](CO)NC(=O)C(Cc1cccnc1)c1ccc(Cl)cc1. The van der Waals surface area contributed by atoms with Crippen LogP contribution in [0.2, 0.25) is 5.02 Å². The van der Waals surface area contributed by atoms with E-state index in [0.29, 0.717) is 11.4 Å². The van der Waals surface area contributed by atoms with Gasteiger partial charge in [-0.15, -0.1) is 0 Å². The Morgan fingerprint density at radius 3 is 2.64 bits per heavy atom. The van der Waals surface area contributed by atoms with E-state index in [9.17, 15) is 4.79 Å². The third-order valence-electron chi connectivity index (χ3n) is 3.41. The average molecular weight is 319 g/mol. The Hall–Kier alpha value is -1.91. The van der Waals surface area contributed by atoms with Gasteiger partial charge in [-0.05, 0) is 42.7 Å². The summed E-state index contributed by atoms with van der Waals surface area (Å²) < 4.78 is 0. The zero-order valence-electron chi connectivity index (χ0n) is 12.4. The smallest absolute Gasteiger partial charge is 0.228 e. The Morgan fingerprint density at radius 2 is 2.05 bits per heavy atom. The minimum Gasteiger partial charge on any atom is -0.394 e. The van der Waals surface area contributed by atoms with E-state index in [1.54, 1.807) is 31.5 Å². The van der Waals surface area contributed by atoms with Gasteiger partial charge in [0, 0.05) is 23.5 Å². The van der Waals surface area contributed by atoms with E-state index in [1.165, 1.54) is 0 Å². The topological polar surface area (TPSA) is 62.2 Å². The van der Waals surface area contributed by atoms with Crippen molar-refractivity contribution in [3.63, 3.8) is 0 Å². The van der Waals surface area contributed by atoms with Crippen LogP contribution >= 0.6 is 11.6 Å². The largest absolute Gasteiger partial charge is 0.394 e. The fourth-order valence-electron chi connectivity index (χ4n) is 2.20. The minimum absolute atomic E-state index is 0.0913. The van der Waals surface area contributed by atoms with E-state index in [0.717, 1.165) is 11.1 Å². The molecule has 22 heavy (non-hydrogen) atoms. The first-order valence-electron chi connectivity index (χ1n) is 7.15. The van der Waals surface area contributed by atoms with Crippen LogP contribution in [-0.4, -0.2) is 28.6 Å². The number of halogens is 1. The van der Waals surface area contributed by atoms with Gasteiger partial charge in [-0.2, -0.15) is 0 Å². The van der Waals surface area contributed by atoms with E-state index in [4.69, 9.17) is 16.7 Å². The molecule has 0 aliphatic carbocycles. The summed E-state index contributed by atoms with van der Waals surface area (Å²) in [5.41, 5.74) is 1.87. The molecule has 5 heteroatoms. The lowest BCUT2D eigenvalue weighted by Gasteiger charge is -2.20. The van der Waals surface area contributed by atoms with Gasteiger partial charge in [0.2, 0.25) is 5.91 Å². The van der Waals surface area contributed by atoms with Crippen molar-refractivity contribution in [1.82, 2.24) is 10.3 Å². The maximum absolute atomic E-state index is 12.5. The quantitative estimate of drug-likeness (QED) is 0.860. The summed E-state index contributed by atoms with van der Waals surface area (Å²) in [5, 5.41) is 12.6. The average Bonchev–Trinajstić information content (AvgIpc) is 2.54. The second-order valence-electron chi connectivity index (χ2n) is 5.26. The molecule has 1 unspecified atom stereocenters. The molecule has 1 aromatic heterocycles. The second-order valence-corrected chi connectivity index (χ2v) is 5.70. The van der Waals surface area contributed by atoms with Crippen molar-refractivity contribution in [2.45, 2.75) is 25.3 Å². The first-order valence-corrected chi connectivity index (χ1v) is 7.53. The summed E-state index contributed by atoms with van der Waals surface area (Å²) in [7, 11) is 0. The summed E-state index contributed by atoms with van der Waals surface area (Å²) in [6, 6.07) is 10.8. The van der Waals surface area contributed by atoms with Crippen LogP contribution in [0.4, 0.5) is 0 Å². The van der Waals surface area contributed by atoms with Crippen molar-refractivity contribution in [3.05, 3.63) is 64.9 Å². The van der Waals surface area contributed by atoms with Gasteiger partial charge < -0.3 is 10.4 Å². The lowest BCUT2D eigenvalue weighted by molar-refractivity contribution is -0.123. The van der Waals surface area contributed by atoms with Crippen molar-refractivity contribution in [2.24, 2.45) is 0 Å². The highest BCUT2D eigenvalue weighted by molar-refractivity contribution is 6.30. The molecular weight excluding hydrogens is 300 g/mol. The Morgan fingerprint density at radius 1 is 1.32 bits per heavy atom. The number of aromatic nitrogens is 1. The molecule has 0 aliphatic rings. The fraction of sp³-hybridized carbons (Fsp3) is 0.294. The first kappa shape index (κ1) is 16.5. The van der Waals surface area contributed by atoms with Gasteiger partial charge in [0.05, 0.1) is 12.5 Å². The van der Waals surface area contributed by atoms with E-state index in [1.807, 2.05) is 24.3 Å². The van der Waals surface area contributed by atoms with Crippen molar-refractivity contribution in [3.8, 4) is 0 Å². The highest BCUT2D eigenvalue weighted by Gasteiger charge is 2.22. The van der Waals surface area contributed by atoms with Crippen LogP contribution in [0.3, 0.4) is 0 Å². The van der Waals surface area contributed by atoms with Crippen LogP contribution in [-0.2, 0) is 11.2 Å². The molecule has 2 aromatic rings. The van der Waals surface area contributed by atoms with Gasteiger partial charge >= 0.3 is 0 Å². The van der Waals surface area contributed by atoms with Gasteiger partial charge in [-0.3, -0.25) is 9.78 Å². The molecule has 0 radical (unpaired) electrons. The normalized spacial score (nSPS) is 13.4. The lowest BCUT2D eigenvalue weighted by atomic mass is 9.91. The number of aliphatic hydroxyl groups excluding tert-OH is 1. The molecule has 0 bridgehead atoms. The molecule has 1 amide bonds. The number of hydrogen-bond donors (Lipinski definition) is 2. The van der Waals surface area contributed by atoms with Crippen molar-refractivity contribution < 1.29 is 9.90 Å². The maximum atomic E-state index is 12.5. The molecule has 2 rings (SSSR count). The molecule has 2 atom stereocenters. The van der Waals surface area contributed by atoms with Crippen molar-refractivity contribution >= 4 is 17.5 Å². The highest BCUT2D eigenvalue weighted by Crippen LogP contribution is 2.23. The fourth-order valence-corrected chi connectivity index (χ4v) is 2.33. The summed E-state index contributed by atoms with van der Waals surface area (Å²) in [6.45, 7) is 1.67.